The van der Waals surface area contributed by atoms with Gasteiger partial charge in [-0.05, 0) is 51.6 Å². The maximum Gasteiger partial charge on any atom is 0.132 e. The van der Waals surface area contributed by atoms with Crippen molar-refractivity contribution < 1.29 is 4.79 Å². The number of Topliss-reactive ketones (excluding diaryl/α,β-unsaturated/α-hetero) is 1. The van der Waals surface area contributed by atoms with Gasteiger partial charge in [-0.15, -0.1) is 0 Å². The van der Waals surface area contributed by atoms with Crippen molar-refractivity contribution in [3.05, 3.63) is 0 Å². The molecule has 0 radical (unpaired) electrons. The predicted molar refractivity (Wildman–Crippen MR) is 73.2 cm³/mol. The Kier molecular flexibility index (Phi) is 6.79. The lowest BCUT2D eigenvalue weighted by molar-refractivity contribution is -0.118. The lowest BCUT2D eigenvalue weighted by atomic mass is 9.84. The normalized spacial score (nSPS) is 25.2. The molecule has 0 bridgehead atoms. The number of carbonyl (C=O) groups is 1. The largest absolute Gasteiger partial charge is 0.303 e. The molecule has 0 heterocycles. The molecule has 100 valence electrons. The Hall–Kier alpha value is -0.370. The van der Waals surface area contributed by atoms with E-state index < -0.39 is 0 Å². The van der Waals surface area contributed by atoms with Crippen molar-refractivity contribution >= 4 is 5.78 Å². The van der Waals surface area contributed by atoms with Gasteiger partial charge in [-0.2, -0.15) is 0 Å². The van der Waals surface area contributed by atoms with E-state index in [1.54, 1.807) is 0 Å². The molecule has 0 aromatic heterocycles. The Balaban J connectivity index is 2.15. The molecule has 0 atom stereocenters. The predicted octanol–water partition coefficient (Wildman–Crippen LogP) is 3.65. The standard InChI is InChI=1S/C15H29NO/c1-4-13-8-10-14(11-9-13)16(3)12-6-7-15(17)5-2/h13-14H,4-12H2,1-3H3. The van der Waals surface area contributed by atoms with E-state index in [-0.39, 0.29) is 0 Å². The van der Waals surface area contributed by atoms with Crippen molar-refractivity contribution in [3.63, 3.8) is 0 Å². The summed E-state index contributed by atoms with van der Waals surface area (Å²) in [5.41, 5.74) is 0. The highest BCUT2D eigenvalue weighted by atomic mass is 16.1. The molecule has 1 aliphatic carbocycles. The van der Waals surface area contributed by atoms with Crippen molar-refractivity contribution in [3.8, 4) is 0 Å². The first-order chi connectivity index (χ1) is 8.17. The van der Waals surface area contributed by atoms with Gasteiger partial charge in [-0.25, -0.2) is 0 Å². The van der Waals surface area contributed by atoms with Crippen LogP contribution in [0.15, 0.2) is 0 Å². The smallest absolute Gasteiger partial charge is 0.132 e. The summed E-state index contributed by atoms with van der Waals surface area (Å²) in [5.74, 6) is 1.38. The highest BCUT2D eigenvalue weighted by Gasteiger charge is 2.22. The van der Waals surface area contributed by atoms with E-state index in [0.717, 1.165) is 31.3 Å². The van der Waals surface area contributed by atoms with Crippen LogP contribution in [0.1, 0.15) is 65.2 Å². The maximum atomic E-state index is 11.2. The van der Waals surface area contributed by atoms with Crippen molar-refractivity contribution in [1.29, 1.82) is 0 Å². The van der Waals surface area contributed by atoms with Gasteiger partial charge in [0, 0.05) is 18.9 Å². The number of hydrogen-bond acceptors (Lipinski definition) is 2. The summed E-state index contributed by atoms with van der Waals surface area (Å²) in [4.78, 5) is 13.7. The van der Waals surface area contributed by atoms with E-state index in [1.807, 2.05) is 6.92 Å². The molecule has 0 aromatic rings. The van der Waals surface area contributed by atoms with Gasteiger partial charge in [-0.1, -0.05) is 20.3 Å². The van der Waals surface area contributed by atoms with Gasteiger partial charge < -0.3 is 4.90 Å². The monoisotopic (exact) mass is 239 g/mol. The average molecular weight is 239 g/mol. The molecule has 0 spiro atoms. The molecular formula is C15H29NO. The Morgan fingerprint density at radius 1 is 1.18 bits per heavy atom. The summed E-state index contributed by atoms with van der Waals surface area (Å²) in [6.07, 6.45) is 9.38. The van der Waals surface area contributed by atoms with Crippen molar-refractivity contribution in [1.82, 2.24) is 4.90 Å². The van der Waals surface area contributed by atoms with Crippen LogP contribution in [0.5, 0.6) is 0 Å². The fourth-order valence-corrected chi connectivity index (χ4v) is 2.88. The van der Waals surface area contributed by atoms with Gasteiger partial charge in [-0.3, -0.25) is 4.79 Å². The van der Waals surface area contributed by atoms with Crippen LogP contribution in [0.4, 0.5) is 0 Å². The first kappa shape index (κ1) is 14.7. The Bertz CT molecular complexity index is 219. The molecule has 1 saturated carbocycles. The zero-order valence-electron chi connectivity index (χ0n) is 11.9. The average Bonchev–Trinajstić information content (AvgIpc) is 2.38. The van der Waals surface area contributed by atoms with Crippen LogP contribution < -0.4 is 0 Å². The van der Waals surface area contributed by atoms with E-state index in [1.165, 1.54) is 32.1 Å². The van der Waals surface area contributed by atoms with E-state index >= 15 is 0 Å². The first-order valence-electron chi connectivity index (χ1n) is 7.39. The fourth-order valence-electron chi connectivity index (χ4n) is 2.88. The summed E-state index contributed by atoms with van der Waals surface area (Å²) in [7, 11) is 2.23. The third-order valence-electron chi connectivity index (χ3n) is 4.38. The van der Waals surface area contributed by atoms with E-state index in [9.17, 15) is 4.79 Å². The fraction of sp³-hybridized carbons (Fsp3) is 0.933. The minimum absolute atomic E-state index is 0.410. The third kappa shape index (κ3) is 5.20. The minimum atomic E-state index is 0.410. The van der Waals surface area contributed by atoms with Crippen LogP contribution >= 0.6 is 0 Å². The Labute approximate surface area is 107 Å². The first-order valence-corrected chi connectivity index (χ1v) is 7.39. The molecule has 0 aromatic carbocycles. The Morgan fingerprint density at radius 2 is 1.82 bits per heavy atom. The lowest BCUT2D eigenvalue weighted by Gasteiger charge is -2.34. The van der Waals surface area contributed by atoms with Crippen molar-refractivity contribution in [2.24, 2.45) is 5.92 Å². The van der Waals surface area contributed by atoms with Crippen LogP contribution in [-0.4, -0.2) is 30.3 Å². The van der Waals surface area contributed by atoms with Gasteiger partial charge in [0.05, 0.1) is 0 Å². The minimum Gasteiger partial charge on any atom is -0.303 e. The number of ketones is 1. The van der Waals surface area contributed by atoms with Gasteiger partial charge in [0.25, 0.3) is 0 Å². The molecule has 2 nitrogen and oxygen atoms in total. The molecule has 0 saturated heterocycles. The van der Waals surface area contributed by atoms with E-state index in [4.69, 9.17) is 0 Å². The summed E-state index contributed by atoms with van der Waals surface area (Å²) in [5, 5.41) is 0. The second kappa shape index (κ2) is 7.86. The van der Waals surface area contributed by atoms with Crippen molar-refractivity contribution in [2.45, 2.75) is 71.3 Å². The molecule has 0 aliphatic heterocycles. The lowest BCUT2D eigenvalue weighted by Crippen LogP contribution is -2.35. The second-order valence-electron chi connectivity index (χ2n) is 5.56. The van der Waals surface area contributed by atoms with Gasteiger partial charge >= 0.3 is 0 Å². The molecule has 1 fully saturated rings. The molecular weight excluding hydrogens is 210 g/mol. The Morgan fingerprint density at radius 3 is 2.35 bits per heavy atom. The summed E-state index contributed by atoms with van der Waals surface area (Å²) in [6, 6.07) is 0.773. The summed E-state index contributed by atoms with van der Waals surface area (Å²) < 4.78 is 0. The van der Waals surface area contributed by atoms with E-state index in [2.05, 4.69) is 18.9 Å². The summed E-state index contributed by atoms with van der Waals surface area (Å²) >= 11 is 0. The van der Waals surface area contributed by atoms with Gasteiger partial charge in [0.15, 0.2) is 0 Å². The zero-order valence-corrected chi connectivity index (χ0v) is 11.9. The topological polar surface area (TPSA) is 20.3 Å². The van der Waals surface area contributed by atoms with Crippen molar-refractivity contribution in [2.75, 3.05) is 13.6 Å². The van der Waals surface area contributed by atoms with Crippen LogP contribution in [0, 0.1) is 5.92 Å². The molecule has 2 heteroatoms. The SMILES string of the molecule is CCC(=O)CCCN(C)C1CCC(CC)CC1. The zero-order chi connectivity index (χ0) is 12.7. The summed E-state index contributed by atoms with van der Waals surface area (Å²) in [6.45, 7) is 5.36. The molecule has 0 amide bonds. The second-order valence-corrected chi connectivity index (χ2v) is 5.56. The number of nitrogens with zero attached hydrogens (tertiary/aromatic N) is 1. The number of carbonyl (C=O) groups excluding carboxylic acids is 1. The van der Waals surface area contributed by atoms with Gasteiger partial charge in [0.2, 0.25) is 0 Å². The maximum absolute atomic E-state index is 11.2. The molecule has 0 unspecified atom stereocenters. The number of rotatable bonds is 7. The number of hydrogen-bond donors (Lipinski definition) is 0. The van der Waals surface area contributed by atoms with E-state index in [0.29, 0.717) is 12.2 Å². The van der Waals surface area contributed by atoms with Crippen LogP contribution in [0.3, 0.4) is 0 Å². The highest BCUT2D eigenvalue weighted by Crippen LogP contribution is 2.28. The molecule has 1 aliphatic rings. The molecule has 1 rings (SSSR count). The van der Waals surface area contributed by atoms with Gasteiger partial charge in [0.1, 0.15) is 5.78 Å². The quantitative estimate of drug-likeness (QED) is 0.676. The molecule has 17 heavy (non-hydrogen) atoms. The molecule has 0 N–H and O–H groups in total. The van der Waals surface area contributed by atoms with Crippen LogP contribution in [-0.2, 0) is 4.79 Å². The highest BCUT2D eigenvalue weighted by molar-refractivity contribution is 5.77. The van der Waals surface area contributed by atoms with Crippen LogP contribution in [0.25, 0.3) is 0 Å². The van der Waals surface area contributed by atoms with Crippen LogP contribution in [0.2, 0.25) is 0 Å². The third-order valence-corrected chi connectivity index (χ3v) is 4.38.